The molecule has 1 N–H and O–H groups in total. The van der Waals surface area contributed by atoms with Gasteiger partial charge in [0.1, 0.15) is 11.6 Å². The van der Waals surface area contributed by atoms with Gasteiger partial charge in [-0.15, -0.1) is 0 Å². The van der Waals surface area contributed by atoms with E-state index in [1.54, 1.807) is 0 Å². The Bertz CT molecular complexity index is 730. The Morgan fingerprint density at radius 2 is 2.00 bits per heavy atom. The maximum absolute atomic E-state index is 13.6. The van der Waals surface area contributed by atoms with Crippen molar-refractivity contribution in [2.45, 2.75) is 5.03 Å². The van der Waals surface area contributed by atoms with Gasteiger partial charge in [-0.05, 0) is 28.1 Å². The van der Waals surface area contributed by atoms with Crippen molar-refractivity contribution in [2.24, 2.45) is 7.05 Å². The Kier molecular flexibility index (Phi) is 3.59. The molecule has 0 atom stereocenters. The summed E-state index contributed by atoms with van der Waals surface area (Å²) in [5, 5.41) is 3.54. The molecule has 0 saturated heterocycles. The van der Waals surface area contributed by atoms with Crippen molar-refractivity contribution < 1.29 is 17.2 Å². The fourth-order valence-corrected chi connectivity index (χ4v) is 2.92. The van der Waals surface area contributed by atoms with E-state index in [0.717, 1.165) is 16.8 Å². The second-order valence-corrected chi connectivity index (χ2v) is 6.13. The second kappa shape index (κ2) is 4.89. The van der Waals surface area contributed by atoms with Crippen LogP contribution in [0.2, 0.25) is 0 Å². The van der Waals surface area contributed by atoms with E-state index in [-0.39, 0.29) is 9.50 Å². The molecule has 9 heteroatoms. The summed E-state index contributed by atoms with van der Waals surface area (Å²) in [5.41, 5.74) is -0.470. The minimum Gasteiger partial charge on any atom is -0.275 e. The molecule has 0 spiro atoms. The third-order valence-corrected chi connectivity index (χ3v) is 4.35. The van der Waals surface area contributed by atoms with Gasteiger partial charge < -0.3 is 0 Å². The van der Waals surface area contributed by atoms with E-state index in [9.17, 15) is 17.2 Å². The molecule has 0 amide bonds. The number of hydrogen-bond donors (Lipinski definition) is 1. The minimum absolute atomic E-state index is 0.0894. The Hall–Kier alpha value is -1.48. The molecule has 0 bridgehead atoms. The number of halogens is 3. The molecule has 2 rings (SSSR count). The normalized spacial score (nSPS) is 11.6. The van der Waals surface area contributed by atoms with Crippen molar-refractivity contribution in [2.75, 3.05) is 4.72 Å². The molecule has 0 saturated carbocycles. The highest BCUT2D eigenvalue weighted by Gasteiger charge is 2.20. The first-order valence-corrected chi connectivity index (χ1v) is 7.24. The molecule has 0 fully saturated rings. The van der Waals surface area contributed by atoms with Gasteiger partial charge in [-0.1, -0.05) is 0 Å². The van der Waals surface area contributed by atoms with Gasteiger partial charge in [0.25, 0.3) is 10.0 Å². The number of aryl methyl sites for hydroxylation is 1. The van der Waals surface area contributed by atoms with Crippen LogP contribution in [0.3, 0.4) is 0 Å². The first-order chi connectivity index (χ1) is 8.81. The van der Waals surface area contributed by atoms with Gasteiger partial charge in [0, 0.05) is 13.1 Å². The lowest BCUT2D eigenvalue weighted by Crippen LogP contribution is -2.17. The summed E-state index contributed by atoms with van der Waals surface area (Å²) in [6, 6.07) is 2.85. The monoisotopic (exact) mass is 351 g/mol. The third-order valence-electron chi connectivity index (χ3n) is 2.31. The molecule has 0 unspecified atom stereocenters. The maximum Gasteiger partial charge on any atom is 0.279 e. The Balaban J connectivity index is 2.42. The van der Waals surface area contributed by atoms with Gasteiger partial charge in [-0.25, -0.2) is 8.78 Å². The van der Waals surface area contributed by atoms with E-state index in [2.05, 4.69) is 21.0 Å². The van der Waals surface area contributed by atoms with Crippen LogP contribution in [0.25, 0.3) is 0 Å². The Labute approximate surface area is 116 Å². The summed E-state index contributed by atoms with van der Waals surface area (Å²) in [7, 11) is -2.60. The first kappa shape index (κ1) is 13.9. The van der Waals surface area contributed by atoms with Crippen LogP contribution in [0.4, 0.5) is 14.5 Å². The molecule has 0 aliphatic rings. The van der Waals surface area contributed by atoms with Crippen molar-refractivity contribution in [3.63, 3.8) is 0 Å². The van der Waals surface area contributed by atoms with Crippen LogP contribution in [-0.4, -0.2) is 18.2 Å². The summed E-state index contributed by atoms with van der Waals surface area (Å²) in [5.74, 6) is -1.66. The van der Waals surface area contributed by atoms with Crippen LogP contribution in [0.1, 0.15) is 0 Å². The zero-order valence-electron chi connectivity index (χ0n) is 9.56. The molecular weight excluding hydrogens is 344 g/mol. The number of benzene rings is 1. The zero-order chi connectivity index (χ0) is 14.2. The van der Waals surface area contributed by atoms with Crippen molar-refractivity contribution >= 4 is 31.6 Å². The highest BCUT2D eigenvalue weighted by molar-refractivity contribution is 9.10. The van der Waals surface area contributed by atoms with E-state index in [1.165, 1.54) is 19.3 Å². The molecule has 0 aliphatic carbocycles. The molecule has 5 nitrogen and oxygen atoms in total. The molecule has 2 aromatic rings. The predicted molar refractivity (Wildman–Crippen MR) is 68.1 cm³/mol. The minimum atomic E-state index is -4.02. The summed E-state index contributed by atoms with van der Waals surface area (Å²) < 4.78 is 53.8. The Morgan fingerprint density at radius 3 is 2.58 bits per heavy atom. The summed E-state index contributed by atoms with van der Waals surface area (Å²) in [6.07, 6.45) is 1.28. The van der Waals surface area contributed by atoms with Crippen LogP contribution in [-0.2, 0) is 17.1 Å². The van der Waals surface area contributed by atoms with E-state index in [4.69, 9.17) is 0 Å². The smallest absolute Gasteiger partial charge is 0.275 e. The number of nitrogens with one attached hydrogen (secondary N) is 1. The van der Waals surface area contributed by atoms with E-state index >= 15 is 0 Å². The molecule has 0 radical (unpaired) electrons. The highest BCUT2D eigenvalue weighted by Crippen LogP contribution is 2.25. The number of sulfonamides is 1. The van der Waals surface area contributed by atoms with Crippen LogP contribution < -0.4 is 4.72 Å². The fraction of sp³-hybridized carbons (Fsp3) is 0.100. The first-order valence-electron chi connectivity index (χ1n) is 4.96. The SMILES string of the molecule is Cn1nccc1S(=O)(=O)Nc1cc(F)c(Br)cc1F. The van der Waals surface area contributed by atoms with Gasteiger partial charge in [-0.2, -0.15) is 13.5 Å². The summed E-state index contributed by atoms with van der Waals surface area (Å²) in [4.78, 5) is 0. The van der Waals surface area contributed by atoms with Crippen molar-refractivity contribution in [1.29, 1.82) is 0 Å². The van der Waals surface area contributed by atoms with Gasteiger partial charge in [0.05, 0.1) is 16.4 Å². The standard InChI is InChI=1S/C10H8BrF2N3O2S/c1-16-10(2-3-14-16)19(17,18)15-9-5-7(12)6(11)4-8(9)13/h2-5,15H,1H3. The van der Waals surface area contributed by atoms with E-state index in [0.29, 0.717) is 0 Å². The highest BCUT2D eigenvalue weighted by atomic mass is 79.9. The molecule has 1 aromatic carbocycles. The average molecular weight is 352 g/mol. The number of aromatic nitrogens is 2. The molecule has 19 heavy (non-hydrogen) atoms. The third kappa shape index (κ3) is 2.76. The lowest BCUT2D eigenvalue weighted by atomic mass is 10.3. The van der Waals surface area contributed by atoms with Crippen molar-refractivity contribution in [1.82, 2.24) is 9.78 Å². The predicted octanol–water partition coefficient (Wildman–Crippen LogP) is 2.26. The Morgan fingerprint density at radius 1 is 1.32 bits per heavy atom. The van der Waals surface area contributed by atoms with Crippen LogP contribution in [0, 0.1) is 11.6 Å². The lowest BCUT2D eigenvalue weighted by molar-refractivity contribution is 0.578. The van der Waals surface area contributed by atoms with Crippen LogP contribution in [0.15, 0.2) is 33.9 Å². The maximum atomic E-state index is 13.6. The topological polar surface area (TPSA) is 64.0 Å². The zero-order valence-corrected chi connectivity index (χ0v) is 12.0. The number of rotatable bonds is 3. The molecular formula is C10H8BrF2N3O2S. The second-order valence-electron chi connectivity index (χ2n) is 3.64. The summed E-state index contributed by atoms with van der Waals surface area (Å²) in [6.45, 7) is 0. The fourth-order valence-electron chi connectivity index (χ4n) is 1.42. The van der Waals surface area contributed by atoms with Crippen molar-refractivity contribution in [3.8, 4) is 0 Å². The van der Waals surface area contributed by atoms with E-state index in [1.807, 2.05) is 4.72 Å². The van der Waals surface area contributed by atoms with Gasteiger partial charge in [0.2, 0.25) is 0 Å². The lowest BCUT2D eigenvalue weighted by Gasteiger charge is -2.09. The largest absolute Gasteiger partial charge is 0.279 e. The number of hydrogen-bond acceptors (Lipinski definition) is 3. The molecule has 102 valence electrons. The molecule has 0 aliphatic heterocycles. The van der Waals surface area contributed by atoms with Gasteiger partial charge in [0.15, 0.2) is 5.03 Å². The quantitative estimate of drug-likeness (QED) is 0.862. The number of nitrogens with zero attached hydrogens (tertiary/aromatic N) is 2. The summed E-state index contributed by atoms with van der Waals surface area (Å²) >= 11 is 2.80. The van der Waals surface area contributed by atoms with E-state index < -0.39 is 27.3 Å². The van der Waals surface area contributed by atoms with Crippen LogP contribution in [0.5, 0.6) is 0 Å². The van der Waals surface area contributed by atoms with Crippen molar-refractivity contribution in [3.05, 3.63) is 40.5 Å². The van der Waals surface area contributed by atoms with Gasteiger partial charge in [-0.3, -0.25) is 9.40 Å². The number of anilines is 1. The van der Waals surface area contributed by atoms with Gasteiger partial charge >= 0.3 is 0 Å². The average Bonchev–Trinajstić information content (AvgIpc) is 2.73. The molecule has 1 heterocycles. The molecule has 1 aromatic heterocycles. The van der Waals surface area contributed by atoms with Crippen LogP contribution >= 0.6 is 15.9 Å².